The lowest BCUT2D eigenvalue weighted by molar-refractivity contribution is -0.130. The number of Topliss-reactive ketones (excluding diaryl/α,β-unsaturated/α-hetero) is 1. The number of benzene rings is 2. The molecule has 0 unspecified atom stereocenters. The summed E-state index contributed by atoms with van der Waals surface area (Å²) in [7, 11) is 1.90. The van der Waals surface area contributed by atoms with E-state index in [1.54, 1.807) is 52.4 Å². The summed E-state index contributed by atoms with van der Waals surface area (Å²) >= 11 is 0. The summed E-state index contributed by atoms with van der Waals surface area (Å²) in [5.41, 5.74) is 1.84. The maximum absolute atomic E-state index is 12.9. The zero-order chi connectivity index (χ0) is 22.0. The Morgan fingerprint density at radius 1 is 0.935 bits per heavy atom. The van der Waals surface area contributed by atoms with E-state index in [1.165, 1.54) is 0 Å². The Hall–Kier alpha value is -3.74. The van der Waals surface area contributed by atoms with E-state index in [0.717, 1.165) is 11.4 Å². The number of rotatable bonds is 4. The van der Waals surface area contributed by atoms with Crippen molar-refractivity contribution in [2.24, 2.45) is 7.05 Å². The summed E-state index contributed by atoms with van der Waals surface area (Å²) in [6.45, 7) is 2.98. The summed E-state index contributed by atoms with van der Waals surface area (Å²) in [5, 5.41) is 0. The van der Waals surface area contributed by atoms with Crippen molar-refractivity contribution in [1.82, 2.24) is 19.4 Å². The first-order valence-electron chi connectivity index (χ1n) is 10.2. The third-order valence-electron chi connectivity index (χ3n) is 5.62. The van der Waals surface area contributed by atoms with Gasteiger partial charge in [-0.05, 0) is 19.1 Å². The molecule has 0 aliphatic carbocycles. The van der Waals surface area contributed by atoms with Crippen LogP contribution in [0.15, 0.2) is 67.0 Å². The van der Waals surface area contributed by atoms with Crippen molar-refractivity contribution in [3.63, 3.8) is 0 Å². The molecule has 0 N–H and O–H groups in total. The Labute approximate surface area is 180 Å². The molecule has 2 amide bonds. The molecule has 158 valence electrons. The maximum Gasteiger partial charge on any atom is 0.295 e. The normalized spacial score (nSPS) is 16.3. The van der Waals surface area contributed by atoms with Crippen molar-refractivity contribution in [2.45, 2.75) is 13.0 Å². The molecule has 1 fully saturated rings. The lowest BCUT2D eigenvalue weighted by Gasteiger charge is -2.39. The fourth-order valence-corrected chi connectivity index (χ4v) is 3.88. The number of carbonyl (C=O) groups excluding carboxylic acids is 3. The maximum atomic E-state index is 12.9. The van der Waals surface area contributed by atoms with Crippen LogP contribution < -0.4 is 0 Å². The van der Waals surface area contributed by atoms with Crippen LogP contribution in [0.5, 0.6) is 0 Å². The average molecular weight is 416 g/mol. The summed E-state index contributed by atoms with van der Waals surface area (Å²) in [4.78, 5) is 45.9. The minimum Gasteiger partial charge on any atom is -0.335 e. The van der Waals surface area contributed by atoms with Gasteiger partial charge in [-0.1, -0.05) is 42.5 Å². The number of hydrogen-bond acceptors (Lipinski definition) is 4. The standard InChI is InChI=1S/C24H24N4O3/c1-17-16-27(23(30)20-6-4-3-5-7-20)14-15-28(17)24(31)21(29)18-8-10-19(11-9-18)22-25-12-13-26(22)2/h3-13,17H,14-16H2,1-2H3/t17-/m1/s1. The molecule has 1 aliphatic rings. The van der Waals surface area contributed by atoms with E-state index in [1.807, 2.05) is 42.9 Å². The number of aryl methyl sites for hydroxylation is 1. The van der Waals surface area contributed by atoms with Gasteiger partial charge in [0.15, 0.2) is 0 Å². The molecule has 31 heavy (non-hydrogen) atoms. The van der Waals surface area contributed by atoms with Crippen molar-refractivity contribution >= 4 is 17.6 Å². The van der Waals surface area contributed by atoms with Gasteiger partial charge >= 0.3 is 0 Å². The average Bonchev–Trinajstić information content (AvgIpc) is 3.24. The largest absolute Gasteiger partial charge is 0.335 e. The monoisotopic (exact) mass is 416 g/mol. The van der Waals surface area contributed by atoms with Crippen LogP contribution in [0.1, 0.15) is 27.6 Å². The van der Waals surface area contributed by atoms with Crippen LogP contribution in [-0.4, -0.2) is 62.6 Å². The van der Waals surface area contributed by atoms with Crippen LogP contribution in [0.2, 0.25) is 0 Å². The number of amides is 2. The molecule has 2 aromatic carbocycles. The molecule has 0 radical (unpaired) electrons. The van der Waals surface area contributed by atoms with Crippen LogP contribution in [-0.2, 0) is 11.8 Å². The van der Waals surface area contributed by atoms with Crippen molar-refractivity contribution < 1.29 is 14.4 Å². The molecule has 0 saturated carbocycles. The topological polar surface area (TPSA) is 75.5 Å². The summed E-state index contributed by atoms with van der Waals surface area (Å²) < 4.78 is 1.89. The summed E-state index contributed by atoms with van der Waals surface area (Å²) in [5.74, 6) is -0.348. The second kappa shape index (κ2) is 8.55. The Kier molecular flexibility index (Phi) is 5.66. The van der Waals surface area contributed by atoms with Crippen molar-refractivity contribution in [3.8, 4) is 11.4 Å². The number of hydrogen-bond donors (Lipinski definition) is 0. The third-order valence-corrected chi connectivity index (χ3v) is 5.62. The lowest BCUT2D eigenvalue weighted by atomic mass is 10.0. The molecular formula is C24H24N4O3. The first-order chi connectivity index (χ1) is 15.0. The van der Waals surface area contributed by atoms with E-state index >= 15 is 0 Å². The lowest BCUT2D eigenvalue weighted by Crippen LogP contribution is -2.56. The predicted molar refractivity (Wildman–Crippen MR) is 116 cm³/mol. The molecular weight excluding hydrogens is 392 g/mol. The molecule has 2 heterocycles. The molecule has 0 spiro atoms. The van der Waals surface area contributed by atoms with Gasteiger partial charge in [-0.3, -0.25) is 14.4 Å². The van der Waals surface area contributed by atoms with Gasteiger partial charge in [0.1, 0.15) is 5.82 Å². The Morgan fingerprint density at radius 3 is 2.26 bits per heavy atom. The van der Waals surface area contributed by atoms with Gasteiger partial charge in [0.2, 0.25) is 5.78 Å². The molecule has 7 heteroatoms. The smallest absolute Gasteiger partial charge is 0.295 e. The highest BCUT2D eigenvalue weighted by Gasteiger charge is 2.33. The number of aromatic nitrogens is 2. The fraction of sp³-hybridized carbons (Fsp3) is 0.250. The molecule has 4 rings (SSSR count). The Balaban J connectivity index is 1.42. The quantitative estimate of drug-likeness (QED) is 0.484. The minimum atomic E-state index is -0.541. The highest BCUT2D eigenvalue weighted by atomic mass is 16.2. The molecule has 1 atom stereocenters. The summed E-state index contributed by atoms with van der Waals surface area (Å²) in [6.07, 6.45) is 3.56. The molecule has 1 saturated heterocycles. The number of ketones is 1. The van der Waals surface area contributed by atoms with E-state index in [9.17, 15) is 14.4 Å². The molecule has 3 aromatic rings. The first kappa shape index (κ1) is 20.5. The second-order valence-corrected chi connectivity index (χ2v) is 7.73. The van der Waals surface area contributed by atoms with E-state index in [4.69, 9.17) is 0 Å². The van der Waals surface area contributed by atoms with Gasteiger partial charge in [-0.25, -0.2) is 4.98 Å². The number of piperazine rings is 1. The van der Waals surface area contributed by atoms with Gasteiger partial charge in [-0.2, -0.15) is 0 Å². The van der Waals surface area contributed by atoms with Gasteiger partial charge in [0.25, 0.3) is 11.8 Å². The van der Waals surface area contributed by atoms with Crippen LogP contribution in [0, 0.1) is 0 Å². The molecule has 7 nitrogen and oxygen atoms in total. The van der Waals surface area contributed by atoms with Gasteiger partial charge in [-0.15, -0.1) is 0 Å². The number of imidazole rings is 1. The number of nitrogens with zero attached hydrogens (tertiary/aromatic N) is 4. The van der Waals surface area contributed by atoms with Crippen molar-refractivity contribution in [3.05, 3.63) is 78.1 Å². The highest BCUT2D eigenvalue weighted by Crippen LogP contribution is 2.19. The van der Waals surface area contributed by atoms with E-state index in [-0.39, 0.29) is 11.9 Å². The van der Waals surface area contributed by atoms with Crippen LogP contribution in [0.25, 0.3) is 11.4 Å². The molecule has 0 bridgehead atoms. The second-order valence-electron chi connectivity index (χ2n) is 7.73. The van der Waals surface area contributed by atoms with E-state index < -0.39 is 11.7 Å². The third kappa shape index (κ3) is 4.12. The van der Waals surface area contributed by atoms with Crippen LogP contribution in [0.4, 0.5) is 0 Å². The van der Waals surface area contributed by atoms with Crippen LogP contribution >= 0.6 is 0 Å². The Morgan fingerprint density at radius 2 is 1.65 bits per heavy atom. The SMILES string of the molecule is C[C@@H]1CN(C(=O)c2ccccc2)CCN1C(=O)C(=O)c1ccc(-c2nccn2C)cc1. The Bertz CT molecular complexity index is 1110. The van der Waals surface area contributed by atoms with Gasteiger partial charge in [0.05, 0.1) is 0 Å². The predicted octanol–water partition coefficient (Wildman–Crippen LogP) is 2.64. The minimum absolute atomic E-state index is 0.0595. The van der Waals surface area contributed by atoms with Crippen molar-refractivity contribution in [1.29, 1.82) is 0 Å². The highest BCUT2D eigenvalue weighted by molar-refractivity contribution is 6.42. The summed E-state index contributed by atoms with van der Waals surface area (Å²) in [6, 6.07) is 15.7. The van der Waals surface area contributed by atoms with Gasteiger partial charge in [0, 0.05) is 61.8 Å². The zero-order valence-electron chi connectivity index (χ0n) is 17.6. The molecule has 1 aromatic heterocycles. The van der Waals surface area contributed by atoms with E-state index in [2.05, 4.69) is 4.98 Å². The zero-order valence-corrected chi connectivity index (χ0v) is 17.6. The first-order valence-corrected chi connectivity index (χ1v) is 10.2. The number of carbonyl (C=O) groups is 3. The van der Waals surface area contributed by atoms with Crippen LogP contribution in [0.3, 0.4) is 0 Å². The fourth-order valence-electron chi connectivity index (χ4n) is 3.88. The van der Waals surface area contributed by atoms with Crippen molar-refractivity contribution in [2.75, 3.05) is 19.6 Å². The van der Waals surface area contributed by atoms with Gasteiger partial charge < -0.3 is 14.4 Å². The van der Waals surface area contributed by atoms with E-state index in [0.29, 0.717) is 30.8 Å². The molecule has 1 aliphatic heterocycles.